The van der Waals surface area contributed by atoms with E-state index in [-0.39, 0.29) is 17.9 Å². The van der Waals surface area contributed by atoms with Gasteiger partial charge in [-0.3, -0.25) is 21.3 Å². The van der Waals surface area contributed by atoms with E-state index in [0.29, 0.717) is 6.54 Å². The summed E-state index contributed by atoms with van der Waals surface area (Å²) in [7, 11) is 0. The second-order valence-corrected chi connectivity index (χ2v) is 4.07. The maximum absolute atomic E-state index is 7.75. The minimum atomic E-state index is -0.436. The minimum absolute atomic E-state index is 0.108. The summed E-state index contributed by atoms with van der Waals surface area (Å²) in [4.78, 5) is 7.15. The van der Waals surface area contributed by atoms with Gasteiger partial charge >= 0.3 is 0 Å². The first-order valence-corrected chi connectivity index (χ1v) is 6.27. The van der Waals surface area contributed by atoms with Crippen LogP contribution in [0, 0.1) is 10.8 Å². The molecule has 0 fully saturated rings. The Balaban J connectivity index is 4.66. The highest BCUT2D eigenvalue weighted by atomic mass is 15.6. The highest BCUT2D eigenvalue weighted by molar-refractivity contribution is 5.95. The van der Waals surface area contributed by atoms with Crippen LogP contribution in [-0.2, 0) is 0 Å². The van der Waals surface area contributed by atoms with E-state index < -0.39 is 5.96 Å². The number of nitrogens with two attached hydrogens (primary N) is 4. The molecule has 0 saturated carbocycles. The maximum Gasteiger partial charge on any atom is 0.240 e. The summed E-state index contributed by atoms with van der Waals surface area (Å²) in [5.41, 5.74) is 23.7. The summed E-state index contributed by atoms with van der Waals surface area (Å²) < 4.78 is 0. The fourth-order valence-corrected chi connectivity index (χ4v) is 1.39. The van der Waals surface area contributed by atoms with Gasteiger partial charge in [-0.1, -0.05) is 26.2 Å². The Kier molecular flexibility index (Phi) is 8.23. The predicted octanol–water partition coefficient (Wildman–Crippen LogP) is -1.21. The summed E-state index contributed by atoms with van der Waals surface area (Å²) in [5, 5.41) is 16.1. The van der Waals surface area contributed by atoms with Gasteiger partial charge in [-0.05, 0) is 6.42 Å². The number of nitrogens with zero attached hydrogens (tertiary/aromatic N) is 3. The first-order chi connectivity index (χ1) is 9.36. The summed E-state index contributed by atoms with van der Waals surface area (Å²) >= 11 is 0. The van der Waals surface area contributed by atoms with Crippen LogP contribution >= 0.6 is 0 Å². The molecule has 0 aromatic rings. The molecule has 10 heteroatoms. The Hall–Kier alpha value is -2.52. The second kappa shape index (κ2) is 9.42. The molecule has 0 radical (unpaired) electrons. The van der Waals surface area contributed by atoms with E-state index in [1.54, 1.807) is 0 Å². The average molecular weight is 284 g/mol. The zero-order chi connectivity index (χ0) is 15.5. The van der Waals surface area contributed by atoms with Gasteiger partial charge in [0.15, 0.2) is 5.96 Å². The van der Waals surface area contributed by atoms with Gasteiger partial charge in [0.1, 0.15) is 0 Å². The Labute approximate surface area is 118 Å². The number of hydrogen-bond acceptors (Lipinski definition) is 2. The van der Waals surface area contributed by atoms with Gasteiger partial charge in [0, 0.05) is 6.54 Å². The molecule has 0 spiro atoms. The van der Waals surface area contributed by atoms with E-state index in [1.807, 2.05) is 0 Å². The molecule has 0 rings (SSSR count). The highest BCUT2D eigenvalue weighted by Gasteiger charge is 2.10. The fraction of sp³-hybridized carbons (Fsp3) is 0.600. The maximum atomic E-state index is 7.75. The van der Waals surface area contributed by atoms with Crippen molar-refractivity contribution in [1.29, 1.82) is 10.8 Å². The minimum Gasteiger partial charge on any atom is -0.370 e. The van der Waals surface area contributed by atoms with Crippen LogP contribution in [0.3, 0.4) is 0 Å². The van der Waals surface area contributed by atoms with Gasteiger partial charge in [0.05, 0.1) is 0 Å². The number of rotatable bonds is 5. The van der Waals surface area contributed by atoms with Crippen molar-refractivity contribution in [3.05, 3.63) is 0 Å². The van der Waals surface area contributed by atoms with Crippen LogP contribution in [0.1, 0.15) is 32.6 Å². The molecule has 0 aliphatic carbocycles. The number of unbranched alkanes of at least 4 members (excludes halogenated alkanes) is 3. The van der Waals surface area contributed by atoms with Crippen LogP contribution in [-0.4, -0.2) is 35.4 Å². The lowest BCUT2D eigenvalue weighted by molar-refractivity contribution is 0.355. The largest absolute Gasteiger partial charge is 0.370 e. The highest BCUT2D eigenvalue weighted by Crippen LogP contribution is 2.00. The molecular formula is C10H24N10. The van der Waals surface area contributed by atoms with Crippen molar-refractivity contribution in [3.8, 4) is 0 Å². The van der Waals surface area contributed by atoms with Gasteiger partial charge < -0.3 is 22.9 Å². The predicted molar refractivity (Wildman–Crippen MR) is 81.1 cm³/mol. The summed E-state index contributed by atoms with van der Waals surface area (Å²) in [6.45, 7) is 2.58. The third-order valence-corrected chi connectivity index (χ3v) is 2.22. The Morgan fingerprint density at radius 3 is 2.20 bits per heavy atom. The van der Waals surface area contributed by atoms with Crippen LogP contribution in [0.15, 0.2) is 9.98 Å². The molecule has 0 saturated heterocycles. The van der Waals surface area contributed by atoms with Gasteiger partial charge in [-0.2, -0.15) is 9.98 Å². The number of nitrogens with one attached hydrogen (secondary N) is 3. The molecule has 0 heterocycles. The van der Waals surface area contributed by atoms with Gasteiger partial charge in [-0.15, -0.1) is 0 Å². The number of aliphatic imine (C=N–C) groups is 2. The molecule has 0 bridgehead atoms. The zero-order valence-corrected chi connectivity index (χ0v) is 11.7. The smallest absolute Gasteiger partial charge is 0.240 e. The van der Waals surface area contributed by atoms with Crippen molar-refractivity contribution >= 4 is 23.8 Å². The lowest BCUT2D eigenvalue weighted by Crippen LogP contribution is -2.50. The fourth-order valence-electron chi connectivity index (χ4n) is 1.39. The lowest BCUT2D eigenvalue weighted by atomic mass is 10.2. The second-order valence-electron chi connectivity index (χ2n) is 4.07. The molecular weight excluding hydrogens is 260 g/mol. The Morgan fingerprint density at radius 2 is 1.70 bits per heavy atom. The van der Waals surface area contributed by atoms with E-state index in [0.717, 1.165) is 25.7 Å². The molecule has 10 nitrogen and oxygen atoms in total. The first kappa shape index (κ1) is 17.5. The molecule has 11 N–H and O–H groups in total. The monoisotopic (exact) mass is 284 g/mol. The van der Waals surface area contributed by atoms with Crippen LogP contribution < -0.4 is 28.4 Å². The Morgan fingerprint density at radius 1 is 1.05 bits per heavy atom. The van der Waals surface area contributed by atoms with Crippen molar-refractivity contribution in [2.45, 2.75) is 32.6 Å². The third kappa shape index (κ3) is 8.55. The van der Waals surface area contributed by atoms with Gasteiger partial charge in [-0.25, -0.2) is 0 Å². The van der Waals surface area contributed by atoms with E-state index in [4.69, 9.17) is 33.8 Å². The molecule has 0 atom stereocenters. The third-order valence-electron chi connectivity index (χ3n) is 2.22. The van der Waals surface area contributed by atoms with Crippen molar-refractivity contribution in [1.82, 2.24) is 10.4 Å². The zero-order valence-electron chi connectivity index (χ0n) is 11.7. The Bertz CT molecular complexity index is 381. The van der Waals surface area contributed by atoms with Crippen molar-refractivity contribution in [2.75, 3.05) is 6.54 Å². The van der Waals surface area contributed by atoms with Crippen LogP contribution in [0.25, 0.3) is 0 Å². The quantitative estimate of drug-likeness (QED) is 0.143. The molecule has 0 unspecified atom stereocenters. The van der Waals surface area contributed by atoms with Gasteiger partial charge in [0.2, 0.25) is 17.9 Å². The van der Waals surface area contributed by atoms with Crippen molar-refractivity contribution in [3.63, 3.8) is 0 Å². The van der Waals surface area contributed by atoms with Crippen LogP contribution in [0.2, 0.25) is 0 Å². The molecule has 0 aliphatic heterocycles. The van der Waals surface area contributed by atoms with Crippen LogP contribution in [0.5, 0.6) is 0 Å². The first-order valence-electron chi connectivity index (χ1n) is 6.27. The standard InChI is InChI=1S/C10H24N10/c1-2-3-4-5-6-20(10(16)18-8(13)14)19-9(15)17-7(11)12/h2-6H2,1H3,(H5,13,14,16,18)(H6,11,12,15,17,19). The number of guanidine groups is 4. The van der Waals surface area contributed by atoms with Crippen molar-refractivity contribution in [2.24, 2.45) is 32.9 Å². The SMILES string of the molecule is CCCCCCN(NC(N)=NC(=N)N)C(=N)N=C(N)N. The molecule has 0 aromatic heterocycles. The number of hydrogen-bond donors (Lipinski definition) is 7. The molecule has 0 aliphatic rings. The van der Waals surface area contributed by atoms with E-state index in [1.165, 1.54) is 5.01 Å². The van der Waals surface area contributed by atoms with E-state index in [9.17, 15) is 0 Å². The topological polar surface area (TPSA) is 192 Å². The van der Waals surface area contributed by atoms with Crippen LogP contribution in [0.4, 0.5) is 0 Å². The molecule has 0 amide bonds. The normalized spacial score (nSPS) is 10.8. The molecule has 114 valence electrons. The summed E-state index contributed by atoms with van der Waals surface area (Å²) in [6, 6.07) is 0. The van der Waals surface area contributed by atoms with Crippen molar-refractivity contribution < 1.29 is 0 Å². The molecule has 20 heavy (non-hydrogen) atoms. The number of hydrazine groups is 1. The average Bonchev–Trinajstić information content (AvgIpc) is 2.31. The summed E-state index contributed by atoms with van der Waals surface area (Å²) in [5.74, 6) is -0.960. The lowest BCUT2D eigenvalue weighted by Gasteiger charge is -2.23. The van der Waals surface area contributed by atoms with E-state index >= 15 is 0 Å². The van der Waals surface area contributed by atoms with E-state index in [2.05, 4.69) is 22.3 Å². The summed E-state index contributed by atoms with van der Waals surface area (Å²) in [6.07, 6.45) is 4.04. The molecule has 0 aromatic carbocycles. The van der Waals surface area contributed by atoms with Gasteiger partial charge in [0.25, 0.3) is 0 Å².